The first-order chi connectivity index (χ1) is 8.96. The summed E-state index contributed by atoms with van der Waals surface area (Å²) in [6.45, 7) is 12.5. The van der Waals surface area contributed by atoms with Crippen molar-refractivity contribution in [3.63, 3.8) is 0 Å². The van der Waals surface area contributed by atoms with Gasteiger partial charge in [-0.3, -0.25) is 9.80 Å². The summed E-state index contributed by atoms with van der Waals surface area (Å²) in [5.74, 6) is 0. The Balaban J connectivity index is 1.74. The van der Waals surface area contributed by atoms with Crippen molar-refractivity contribution in [3.8, 4) is 0 Å². The summed E-state index contributed by atoms with van der Waals surface area (Å²) in [6.07, 6.45) is 4.01. The quantitative estimate of drug-likeness (QED) is 0.752. The van der Waals surface area contributed by atoms with Crippen LogP contribution < -0.4 is 5.32 Å². The Bertz CT molecular complexity index is 275. The van der Waals surface area contributed by atoms with Crippen LogP contribution in [0.25, 0.3) is 0 Å². The van der Waals surface area contributed by atoms with Crippen LogP contribution in [0.3, 0.4) is 0 Å². The zero-order valence-corrected chi connectivity index (χ0v) is 12.9. The smallest absolute Gasteiger partial charge is 0.0869 e. The molecular formula is C15H31N3O. The van der Waals surface area contributed by atoms with Crippen molar-refractivity contribution in [3.05, 3.63) is 0 Å². The molecule has 2 saturated heterocycles. The molecule has 0 saturated carbocycles. The summed E-state index contributed by atoms with van der Waals surface area (Å²) in [6, 6.07) is 1.17. The molecule has 2 heterocycles. The number of hydrogen-bond acceptors (Lipinski definition) is 4. The average molecular weight is 269 g/mol. The minimum Gasteiger partial charge on any atom is -0.388 e. The van der Waals surface area contributed by atoms with Gasteiger partial charge in [-0.1, -0.05) is 13.8 Å². The zero-order valence-electron chi connectivity index (χ0n) is 12.9. The monoisotopic (exact) mass is 269 g/mol. The van der Waals surface area contributed by atoms with Crippen LogP contribution in [0.15, 0.2) is 0 Å². The van der Waals surface area contributed by atoms with E-state index < -0.39 is 5.60 Å². The van der Waals surface area contributed by atoms with Gasteiger partial charge in [0, 0.05) is 31.7 Å². The van der Waals surface area contributed by atoms with Gasteiger partial charge in [0.2, 0.25) is 0 Å². The summed E-state index contributed by atoms with van der Waals surface area (Å²) >= 11 is 0. The fourth-order valence-electron chi connectivity index (χ4n) is 3.32. The summed E-state index contributed by atoms with van der Waals surface area (Å²) in [7, 11) is 0. The van der Waals surface area contributed by atoms with Crippen molar-refractivity contribution in [1.29, 1.82) is 0 Å². The van der Waals surface area contributed by atoms with Crippen LogP contribution in [0.4, 0.5) is 0 Å². The van der Waals surface area contributed by atoms with Crippen molar-refractivity contribution in [1.82, 2.24) is 15.1 Å². The highest BCUT2D eigenvalue weighted by atomic mass is 16.3. The van der Waals surface area contributed by atoms with Gasteiger partial charge < -0.3 is 10.4 Å². The van der Waals surface area contributed by atoms with Crippen LogP contribution in [-0.2, 0) is 0 Å². The molecule has 2 unspecified atom stereocenters. The van der Waals surface area contributed by atoms with E-state index in [0.29, 0.717) is 12.6 Å². The van der Waals surface area contributed by atoms with Crippen molar-refractivity contribution >= 4 is 0 Å². The lowest BCUT2D eigenvalue weighted by Gasteiger charge is -2.31. The standard InChI is InChI=1S/C15H31N3O/c1-13(2)16-11-15(3,19)12-17-9-6-14(10-17)18-7-4-5-8-18/h13-14,16,19H,4-12H2,1-3H3. The SMILES string of the molecule is CC(C)NCC(C)(O)CN1CCC(N2CCCC2)C1. The summed E-state index contributed by atoms with van der Waals surface area (Å²) in [4.78, 5) is 5.08. The molecule has 2 atom stereocenters. The Kier molecular flexibility index (Phi) is 5.23. The van der Waals surface area contributed by atoms with Gasteiger partial charge in [-0.2, -0.15) is 0 Å². The van der Waals surface area contributed by atoms with Crippen molar-refractivity contribution in [2.24, 2.45) is 0 Å². The lowest BCUT2D eigenvalue weighted by molar-refractivity contribution is 0.0235. The molecule has 0 aromatic heterocycles. The van der Waals surface area contributed by atoms with Crippen molar-refractivity contribution in [2.75, 3.05) is 39.3 Å². The Labute approximate surface area is 118 Å². The van der Waals surface area contributed by atoms with Gasteiger partial charge >= 0.3 is 0 Å². The molecule has 2 aliphatic rings. The normalized spacial score (nSPS) is 29.2. The first-order valence-electron chi connectivity index (χ1n) is 7.88. The molecule has 0 aromatic carbocycles. The van der Waals surface area contributed by atoms with E-state index in [4.69, 9.17) is 0 Å². The molecule has 19 heavy (non-hydrogen) atoms. The van der Waals surface area contributed by atoms with Crippen LogP contribution in [-0.4, -0.2) is 71.9 Å². The van der Waals surface area contributed by atoms with Crippen LogP contribution >= 0.6 is 0 Å². The Morgan fingerprint density at radius 3 is 2.58 bits per heavy atom. The number of β-amino-alcohol motifs (C(OH)–C–C–N with tert-alkyl or cyclic N) is 1. The zero-order chi connectivity index (χ0) is 13.9. The molecular weight excluding hydrogens is 238 g/mol. The van der Waals surface area contributed by atoms with Crippen molar-refractivity contribution in [2.45, 2.75) is 57.7 Å². The van der Waals surface area contributed by atoms with Gasteiger partial charge in [-0.15, -0.1) is 0 Å². The van der Waals surface area contributed by atoms with Gasteiger partial charge in [0.05, 0.1) is 5.60 Å². The van der Waals surface area contributed by atoms with Crippen LogP contribution in [0.1, 0.15) is 40.0 Å². The first-order valence-corrected chi connectivity index (χ1v) is 7.88. The highest BCUT2D eigenvalue weighted by Gasteiger charge is 2.32. The van der Waals surface area contributed by atoms with E-state index in [2.05, 4.69) is 29.0 Å². The molecule has 112 valence electrons. The lowest BCUT2D eigenvalue weighted by atomic mass is 10.1. The van der Waals surface area contributed by atoms with Crippen molar-refractivity contribution < 1.29 is 5.11 Å². The van der Waals surface area contributed by atoms with E-state index in [9.17, 15) is 5.11 Å². The average Bonchev–Trinajstić information content (AvgIpc) is 2.95. The number of aliphatic hydroxyl groups is 1. The van der Waals surface area contributed by atoms with Crippen LogP contribution in [0, 0.1) is 0 Å². The first kappa shape index (κ1) is 15.2. The van der Waals surface area contributed by atoms with Gasteiger partial charge in [0.15, 0.2) is 0 Å². The Hall–Kier alpha value is -0.160. The second-order valence-corrected chi connectivity index (χ2v) is 6.95. The number of hydrogen-bond donors (Lipinski definition) is 2. The lowest BCUT2D eigenvalue weighted by Crippen LogP contribution is -2.49. The fourth-order valence-corrected chi connectivity index (χ4v) is 3.32. The van der Waals surface area contributed by atoms with Gasteiger partial charge in [0.25, 0.3) is 0 Å². The van der Waals surface area contributed by atoms with E-state index in [1.807, 2.05) is 6.92 Å². The number of nitrogens with one attached hydrogen (secondary N) is 1. The third kappa shape index (κ3) is 4.71. The fraction of sp³-hybridized carbons (Fsp3) is 1.00. The maximum atomic E-state index is 10.5. The second kappa shape index (κ2) is 6.53. The highest BCUT2D eigenvalue weighted by Crippen LogP contribution is 2.21. The van der Waals surface area contributed by atoms with E-state index in [1.54, 1.807) is 0 Å². The Morgan fingerprint density at radius 2 is 1.95 bits per heavy atom. The molecule has 2 aliphatic heterocycles. The maximum absolute atomic E-state index is 10.5. The molecule has 4 heteroatoms. The van der Waals surface area contributed by atoms with Gasteiger partial charge in [-0.25, -0.2) is 0 Å². The maximum Gasteiger partial charge on any atom is 0.0869 e. The van der Waals surface area contributed by atoms with Crippen LogP contribution in [0.2, 0.25) is 0 Å². The molecule has 2 rings (SSSR count). The van der Waals surface area contributed by atoms with E-state index in [-0.39, 0.29) is 0 Å². The molecule has 0 aromatic rings. The molecule has 2 N–H and O–H groups in total. The molecule has 2 fully saturated rings. The third-order valence-electron chi connectivity index (χ3n) is 4.36. The molecule has 0 amide bonds. The molecule has 4 nitrogen and oxygen atoms in total. The molecule has 0 radical (unpaired) electrons. The predicted molar refractivity (Wildman–Crippen MR) is 79.4 cm³/mol. The highest BCUT2D eigenvalue weighted by molar-refractivity contribution is 4.89. The minimum absolute atomic E-state index is 0.433. The molecule has 0 bridgehead atoms. The van der Waals surface area contributed by atoms with Crippen LogP contribution in [0.5, 0.6) is 0 Å². The Morgan fingerprint density at radius 1 is 1.26 bits per heavy atom. The summed E-state index contributed by atoms with van der Waals surface area (Å²) < 4.78 is 0. The molecule has 0 aliphatic carbocycles. The topological polar surface area (TPSA) is 38.7 Å². The largest absolute Gasteiger partial charge is 0.388 e. The summed E-state index contributed by atoms with van der Waals surface area (Å²) in [5, 5.41) is 13.8. The van der Waals surface area contributed by atoms with Gasteiger partial charge in [-0.05, 0) is 45.8 Å². The number of rotatable bonds is 6. The third-order valence-corrected chi connectivity index (χ3v) is 4.36. The van der Waals surface area contributed by atoms with Gasteiger partial charge in [0.1, 0.15) is 0 Å². The number of nitrogens with zero attached hydrogens (tertiary/aromatic N) is 2. The molecule has 0 spiro atoms. The predicted octanol–water partition coefficient (Wildman–Crippen LogP) is 0.906. The van der Waals surface area contributed by atoms with E-state index in [1.165, 1.54) is 32.4 Å². The second-order valence-electron chi connectivity index (χ2n) is 6.95. The minimum atomic E-state index is -0.621. The van der Waals surface area contributed by atoms with E-state index in [0.717, 1.165) is 25.7 Å². The van der Waals surface area contributed by atoms with E-state index >= 15 is 0 Å². The summed E-state index contributed by atoms with van der Waals surface area (Å²) in [5.41, 5.74) is -0.621. The number of likely N-dealkylation sites (tertiary alicyclic amines) is 2.